The van der Waals surface area contributed by atoms with E-state index in [1.807, 2.05) is 0 Å². The number of benzene rings is 1. The number of rotatable bonds is 8. The molecule has 7 nitrogen and oxygen atoms in total. The van der Waals surface area contributed by atoms with Crippen molar-refractivity contribution in [1.29, 1.82) is 0 Å². The molecule has 112 valence electrons. The summed E-state index contributed by atoms with van der Waals surface area (Å²) in [4.78, 5) is 10.2. The quantitative estimate of drug-likeness (QED) is 0.553. The normalized spacial score (nSPS) is 13.1. The fourth-order valence-electron chi connectivity index (χ4n) is 1.81. The lowest BCUT2D eigenvalue weighted by molar-refractivity contribution is -0.385. The first-order valence-corrected chi connectivity index (χ1v) is 7.88. The molecule has 2 N–H and O–H groups in total. The zero-order chi connectivity index (χ0) is 15.2. The van der Waals surface area contributed by atoms with Gasteiger partial charge >= 0.3 is 0 Å². The third-order valence-corrected chi connectivity index (χ3v) is 4.23. The van der Waals surface area contributed by atoms with Crippen molar-refractivity contribution in [3.8, 4) is 0 Å². The van der Waals surface area contributed by atoms with E-state index in [2.05, 4.69) is 4.72 Å². The molecule has 20 heavy (non-hydrogen) atoms. The maximum absolute atomic E-state index is 12.0. The standard InChI is InChI=1S/C12H18N2O5S/c1-2-11(7-8-15)13-20(18,19)9-10-5-3-4-6-12(10)14(16)17/h3-6,11,13,15H,2,7-9H2,1H3. The van der Waals surface area contributed by atoms with Gasteiger partial charge in [0.05, 0.1) is 10.7 Å². The minimum atomic E-state index is -3.69. The smallest absolute Gasteiger partial charge is 0.273 e. The van der Waals surface area contributed by atoms with Crippen molar-refractivity contribution in [1.82, 2.24) is 4.72 Å². The van der Waals surface area contributed by atoms with E-state index in [0.717, 1.165) is 0 Å². The van der Waals surface area contributed by atoms with Crippen molar-refractivity contribution >= 4 is 15.7 Å². The van der Waals surface area contributed by atoms with Crippen LogP contribution in [0.15, 0.2) is 24.3 Å². The van der Waals surface area contributed by atoms with Gasteiger partial charge in [0.25, 0.3) is 5.69 Å². The predicted octanol–water partition coefficient (Wildman–Crippen LogP) is 1.18. The number of para-hydroxylation sites is 1. The monoisotopic (exact) mass is 302 g/mol. The molecule has 1 aromatic carbocycles. The van der Waals surface area contributed by atoms with Gasteiger partial charge in [-0.3, -0.25) is 10.1 Å². The van der Waals surface area contributed by atoms with Crippen LogP contribution in [0.5, 0.6) is 0 Å². The summed E-state index contributed by atoms with van der Waals surface area (Å²) in [5.41, 5.74) is -0.0723. The number of sulfonamides is 1. The van der Waals surface area contributed by atoms with E-state index in [0.29, 0.717) is 12.8 Å². The van der Waals surface area contributed by atoms with Crippen molar-refractivity contribution < 1.29 is 18.4 Å². The highest BCUT2D eigenvalue weighted by Crippen LogP contribution is 2.20. The maximum atomic E-state index is 12.0. The van der Waals surface area contributed by atoms with Crippen LogP contribution in [0.3, 0.4) is 0 Å². The number of nitro benzene ring substituents is 1. The average molecular weight is 302 g/mol. The molecule has 0 spiro atoms. The minimum Gasteiger partial charge on any atom is -0.396 e. The largest absolute Gasteiger partial charge is 0.396 e. The van der Waals surface area contributed by atoms with E-state index in [1.165, 1.54) is 18.2 Å². The van der Waals surface area contributed by atoms with E-state index in [-0.39, 0.29) is 23.9 Å². The Bertz CT molecular complexity index is 559. The molecule has 0 fully saturated rings. The highest BCUT2D eigenvalue weighted by atomic mass is 32.2. The fraction of sp³-hybridized carbons (Fsp3) is 0.500. The highest BCUT2D eigenvalue weighted by molar-refractivity contribution is 7.88. The lowest BCUT2D eigenvalue weighted by atomic mass is 10.2. The number of nitrogens with zero attached hydrogens (tertiary/aromatic N) is 1. The van der Waals surface area contributed by atoms with Gasteiger partial charge in [-0.05, 0) is 12.8 Å². The molecule has 0 aliphatic heterocycles. The summed E-state index contributed by atoms with van der Waals surface area (Å²) < 4.78 is 26.5. The number of nitrogens with one attached hydrogen (secondary N) is 1. The third-order valence-electron chi connectivity index (χ3n) is 2.85. The Labute approximate surface area is 117 Å². The number of hydrogen-bond donors (Lipinski definition) is 2. The molecule has 0 radical (unpaired) electrons. The number of nitro groups is 1. The van der Waals surface area contributed by atoms with E-state index < -0.39 is 20.7 Å². The van der Waals surface area contributed by atoms with E-state index in [1.54, 1.807) is 13.0 Å². The average Bonchev–Trinajstić information content (AvgIpc) is 2.37. The van der Waals surface area contributed by atoms with Gasteiger partial charge in [-0.15, -0.1) is 0 Å². The molecule has 0 amide bonds. The molecule has 0 saturated heterocycles. The zero-order valence-corrected chi connectivity index (χ0v) is 12.0. The second-order valence-electron chi connectivity index (χ2n) is 4.38. The van der Waals surface area contributed by atoms with Crippen molar-refractivity contribution in [2.75, 3.05) is 6.61 Å². The first kappa shape index (κ1) is 16.5. The Kier molecular flexibility index (Phi) is 6.05. The fourth-order valence-corrected chi connectivity index (χ4v) is 3.34. The molecule has 1 aromatic rings. The van der Waals surface area contributed by atoms with E-state index in [9.17, 15) is 18.5 Å². The molecule has 1 unspecified atom stereocenters. The topological polar surface area (TPSA) is 110 Å². The van der Waals surface area contributed by atoms with Crippen LogP contribution in [0.2, 0.25) is 0 Å². The first-order valence-electron chi connectivity index (χ1n) is 6.22. The van der Waals surface area contributed by atoms with Crippen LogP contribution in [-0.4, -0.2) is 31.1 Å². The van der Waals surface area contributed by atoms with Gasteiger partial charge in [-0.25, -0.2) is 13.1 Å². The molecule has 1 atom stereocenters. The van der Waals surface area contributed by atoms with Gasteiger partial charge in [0.1, 0.15) is 0 Å². The molecule has 0 aromatic heterocycles. The Balaban J connectivity index is 2.89. The molecule has 0 aliphatic carbocycles. The van der Waals surface area contributed by atoms with Crippen molar-refractivity contribution in [2.24, 2.45) is 0 Å². The summed E-state index contributed by atoms with van der Waals surface area (Å²) in [6.07, 6.45) is 0.850. The van der Waals surface area contributed by atoms with Crippen LogP contribution < -0.4 is 4.72 Å². The van der Waals surface area contributed by atoms with Gasteiger partial charge < -0.3 is 5.11 Å². The second-order valence-corrected chi connectivity index (χ2v) is 6.13. The Morgan fingerprint density at radius 2 is 2.05 bits per heavy atom. The van der Waals surface area contributed by atoms with Gasteiger partial charge in [0, 0.05) is 24.3 Å². The first-order chi connectivity index (χ1) is 9.39. The molecular formula is C12H18N2O5S. The molecule has 1 rings (SSSR count). The summed E-state index contributed by atoms with van der Waals surface area (Å²) in [6, 6.07) is 5.37. The molecule has 0 aliphatic rings. The molecule has 0 bridgehead atoms. The summed E-state index contributed by atoms with van der Waals surface area (Å²) in [5, 5.41) is 19.7. The zero-order valence-electron chi connectivity index (χ0n) is 11.2. The second kappa shape index (κ2) is 7.32. The minimum absolute atomic E-state index is 0.119. The van der Waals surface area contributed by atoms with Gasteiger partial charge in [0.2, 0.25) is 10.0 Å². The van der Waals surface area contributed by atoms with Gasteiger partial charge in [-0.1, -0.05) is 25.1 Å². The van der Waals surface area contributed by atoms with Crippen LogP contribution in [0, 0.1) is 10.1 Å². The lowest BCUT2D eigenvalue weighted by Crippen LogP contribution is -2.35. The van der Waals surface area contributed by atoms with Crippen LogP contribution in [-0.2, 0) is 15.8 Å². The third kappa shape index (κ3) is 4.87. The van der Waals surface area contributed by atoms with Crippen molar-refractivity contribution in [3.05, 3.63) is 39.9 Å². The molecule has 8 heteroatoms. The Morgan fingerprint density at radius 1 is 1.40 bits per heavy atom. The number of aliphatic hydroxyl groups excluding tert-OH is 1. The number of hydrogen-bond acceptors (Lipinski definition) is 5. The van der Waals surface area contributed by atoms with E-state index >= 15 is 0 Å². The van der Waals surface area contributed by atoms with Crippen LogP contribution in [0.1, 0.15) is 25.3 Å². The summed E-state index contributed by atoms with van der Waals surface area (Å²) >= 11 is 0. The van der Waals surface area contributed by atoms with Crippen LogP contribution in [0.25, 0.3) is 0 Å². The Morgan fingerprint density at radius 3 is 2.60 bits per heavy atom. The van der Waals surface area contributed by atoms with Gasteiger partial charge in [-0.2, -0.15) is 0 Å². The number of aliphatic hydroxyl groups is 1. The van der Waals surface area contributed by atoms with Crippen molar-refractivity contribution in [2.45, 2.75) is 31.6 Å². The molecule has 0 saturated carbocycles. The highest BCUT2D eigenvalue weighted by Gasteiger charge is 2.21. The van der Waals surface area contributed by atoms with Crippen LogP contribution in [0.4, 0.5) is 5.69 Å². The Hall–Kier alpha value is -1.51. The van der Waals surface area contributed by atoms with E-state index in [4.69, 9.17) is 5.11 Å². The molecular weight excluding hydrogens is 284 g/mol. The lowest BCUT2D eigenvalue weighted by Gasteiger charge is -2.15. The SMILES string of the molecule is CCC(CCO)NS(=O)(=O)Cc1ccccc1[N+](=O)[O-]. The van der Waals surface area contributed by atoms with Crippen molar-refractivity contribution in [3.63, 3.8) is 0 Å². The summed E-state index contributed by atoms with van der Waals surface area (Å²) in [7, 11) is -3.69. The molecule has 0 heterocycles. The summed E-state index contributed by atoms with van der Waals surface area (Å²) in [6.45, 7) is 1.68. The maximum Gasteiger partial charge on any atom is 0.273 e. The summed E-state index contributed by atoms with van der Waals surface area (Å²) in [5.74, 6) is -0.452. The van der Waals surface area contributed by atoms with Gasteiger partial charge in [0.15, 0.2) is 0 Å². The predicted molar refractivity (Wildman–Crippen MR) is 74.6 cm³/mol. The van der Waals surface area contributed by atoms with Crippen LogP contribution >= 0.6 is 0 Å².